The lowest BCUT2D eigenvalue weighted by Gasteiger charge is -2.51. The summed E-state index contributed by atoms with van der Waals surface area (Å²) in [5, 5.41) is 27.0. The van der Waals surface area contributed by atoms with E-state index in [4.69, 9.17) is 0 Å². The summed E-state index contributed by atoms with van der Waals surface area (Å²) < 4.78 is 36.4. The van der Waals surface area contributed by atoms with Gasteiger partial charge >= 0.3 is 12.1 Å². The molecule has 0 aromatic heterocycles. The second kappa shape index (κ2) is 5.71. The minimum Gasteiger partial charge on any atom is -0.771 e. The molecule has 4 unspecified atom stereocenters. The number of hydrogen-bond acceptors (Lipinski definition) is 7. The van der Waals surface area contributed by atoms with E-state index in [-0.39, 0.29) is 24.4 Å². The first-order valence-electron chi connectivity index (χ1n) is 6.18. The first-order chi connectivity index (χ1) is 9.68. The molecule has 120 valence electrons. The van der Waals surface area contributed by atoms with Crippen molar-refractivity contribution in [3.05, 3.63) is 15.3 Å². The Kier molecular flexibility index (Phi) is 4.32. The zero-order valence-corrected chi connectivity index (χ0v) is 10.6. The van der Waals surface area contributed by atoms with E-state index in [0.29, 0.717) is 0 Å². The van der Waals surface area contributed by atoms with Gasteiger partial charge in [-0.3, -0.25) is 20.2 Å². The number of amides is 1. The van der Waals surface area contributed by atoms with Gasteiger partial charge in [-0.05, 0) is 6.42 Å². The maximum absolute atomic E-state index is 12.1. The van der Waals surface area contributed by atoms with Crippen LogP contribution in [0.15, 0.2) is 0 Å². The number of hydroxylamine groups is 1. The van der Waals surface area contributed by atoms with E-state index in [0.717, 1.165) is 0 Å². The number of hydrazine groups is 1. The molecule has 3 N–H and O–H groups in total. The Bertz CT molecular complexity index is 434. The molecular weight excluding hydrogens is 299 g/mol. The van der Waals surface area contributed by atoms with Crippen LogP contribution in [0.25, 0.3) is 0 Å². The lowest BCUT2D eigenvalue weighted by Crippen LogP contribution is -2.73. The topological polar surface area (TPSA) is 123 Å². The summed E-state index contributed by atoms with van der Waals surface area (Å²) >= 11 is 0. The van der Waals surface area contributed by atoms with E-state index in [1.54, 1.807) is 5.32 Å². The molecule has 2 aliphatic rings. The normalized spacial score (nSPS) is 34.1. The van der Waals surface area contributed by atoms with Crippen molar-refractivity contribution in [2.45, 2.75) is 49.9 Å². The van der Waals surface area contributed by atoms with Gasteiger partial charge in [0.1, 0.15) is 6.29 Å². The van der Waals surface area contributed by atoms with E-state index < -0.39 is 41.4 Å². The highest BCUT2D eigenvalue weighted by Gasteiger charge is 2.44. The van der Waals surface area contributed by atoms with E-state index in [1.165, 1.54) is 0 Å². The lowest BCUT2D eigenvalue weighted by atomic mass is 9.86. The van der Waals surface area contributed by atoms with E-state index >= 15 is 0 Å². The third-order valence-electron chi connectivity index (χ3n) is 3.56. The van der Waals surface area contributed by atoms with Crippen molar-refractivity contribution in [1.29, 1.82) is 0 Å². The van der Waals surface area contributed by atoms with Crippen LogP contribution in [-0.2, 0) is 4.79 Å². The molecule has 1 saturated carbocycles. The van der Waals surface area contributed by atoms with Gasteiger partial charge in [-0.15, -0.1) is 0 Å². The molecule has 12 heteroatoms. The molecule has 1 amide bonds. The van der Waals surface area contributed by atoms with Gasteiger partial charge in [0.05, 0.1) is 0 Å². The van der Waals surface area contributed by atoms with Gasteiger partial charge < -0.3 is 15.7 Å². The van der Waals surface area contributed by atoms with Crippen LogP contribution in [0.1, 0.15) is 19.3 Å². The van der Waals surface area contributed by atoms with Crippen LogP contribution >= 0.6 is 0 Å². The number of carbonyl (C=O) groups excluding carboxylic acids is 1. The van der Waals surface area contributed by atoms with Crippen LogP contribution in [0.2, 0.25) is 0 Å². The second-order valence-corrected chi connectivity index (χ2v) is 4.95. The summed E-state index contributed by atoms with van der Waals surface area (Å²) in [6, 6.07) is -2.15. The highest BCUT2D eigenvalue weighted by molar-refractivity contribution is 5.81. The van der Waals surface area contributed by atoms with Crippen LogP contribution in [0.3, 0.4) is 0 Å². The average Bonchev–Trinajstić information content (AvgIpc) is 2.37. The smallest absolute Gasteiger partial charge is 0.471 e. The fourth-order valence-corrected chi connectivity index (χ4v) is 2.53. The van der Waals surface area contributed by atoms with Gasteiger partial charge in [0, 0.05) is 29.8 Å². The first kappa shape index (κ1) is 15.9. The predicted octanol–water partition coefficient (Wildman–Crippen LogP) is -0.577. The van der Waals surface area contributed by atoms with E-state index in [2.05, 4.69) is 10.7 Å². The molecule has 0 aromatic rings. The van der Waals surface area contributed by atoms with Crippen LogP contribution in [-0.4, -0.2) is 46.6 Å². The number of carbonyl (C=O) groups is 1. The highest BCUT2D eigenvalue weighted by atomic mass is 19.4. The van der Waals surface area contributed by atoms with Gasteiger partial charge in [0.2, 0.25) is 6.04 Å². The summed E-state index contributed by atoms with van der Waals surface area (Å²) in [4.78, 5) is 21.1. The summed E-state index contributed by atoms with van der Waals surface area (Å²) in [5.74, 6) is -2.18. The van der Waals surface area contributed by atoms with Gasteiger partial charge in [-0.1, -0.05) is 0 Å². The van der Waals surface area contributed by atoms with Crippen molar-refractivity contribution in [3.63, 3.8) is 0 Å². The Morgan fingerprint density at radius 2 is 2.05 bits per heavy atom. The maximum Gasteiger partial charge on any atom is 0.471 e. The molecule has 0 radical (unpaired) electrons. The number of nitrogens with one attached hydrogen (secondary N) is 3. The van der Waals surface area contributed by atoms with Crippen molar-refractivity contribution < 1.29 is 22.9 Å². The molecule has 9 nitrogen and oxygen atoms in total. The number of rotatable bonds is 2. The molecule has 0 aromatic carbocycles. The number of alkyl halides is 3. The van der Waals surface area contributed by atoms with Crippen LogP contribution in [0, 0.1) is 15.3 Å². The number of halogens is 3. The predicted molar refractivity (Wildman–Crippen MR) is 61.7 cm³/mol. The SMILES string of the molecule is O=C(NC1NC2CCC([N+](=O)[O-])CC2N([O-])N1)C(F)(F)F. The van der Waals surface area contributed by atoms with Crippen LogP contribution in [0.5, 0.6) is 0 Å². The first-order valence-corrected chi connectivity index (χ1v) is 6.18. The highest BCUT2D eigenvalue weighted by Crippen LogP contribution is 2.26. The standard InChI is InChI=1S/C9H13F3N5O4/c10-9(11,12)7(18)14-8-13-5-2-1-4(17(20)21)3-6(5)16(19)15-8/h4-6,8,13,15H,1-3H2,(H,14,18)/q-1. The minimum atomic E-state index is -5.06. The number of fused-ring (bicyclic) bond motifs is 1. The molecular formula is C9H13F3N5O4-. The van der Waals surface area contributed by atoms with Crippen molar-refractivity contribution >= 4 is 5.91 Å². The molecule has 2 fully saturated rings. The average molecular weight is 312 g/mol. The third kappa shape index (κ3) is 3.58. The molecule has 4 atom stereocenters. The summed E-state index contributed by atoms with van der Waals surface area (Å²) in [7, 11) is 0. The molecule has 1 aliphatic heterocycles. The van der Waals surface area contributed by atoms with Crippen molar-refractivity contribution in [3.8, 4) is 0 Å². The molecule has 1 heterocycles. The van der Waals surface area contributed by atoms with E-state index in [1.807, 2.05) is 0 Å². The maximum atomic E-state index is 12.1. The molecule has 2 rings (SSSR count). The van der Waals surface area contributed by atoms with Crippen LogP contribution < -0.4 is 16.1 Å². The van der Waals surface area contributed by atoms with E-state index in [9.17, 15) is 33.3 Å². The molecule has 1 saturated heterocycles. The van der Waals surface area contributed by atoms with Gasteiger partial charge in [-0.25, -0.2) is 5.43 Å². The number of nitrogens with zero attached hydrogens (tertiary/aromatic N) is 2. The van der Waals surface area contributed by atoms with Crippen molar-refractivity contribution in [2.24, 2.45) is 0 Å². The van der Waals surface area contributed by atoms with Crippen molar-refractivity contribution in [1.82, 2.24) is 21.2 Å². The quantitative estimate of drug-likeness (QED) is 0.460. The fraction of sp³-hybridized carbons (Fsp3) is 0.889. The van der Waals surface area contributed by atoms with Gasteiger partial charge in [0.15, 0.2) is 0 Å². The minimum absolute atomic E-state index is 0.0128. The zero-order valence-electron chi connectivity index (χ0n) is 10.6. The Hall–Kier alpha value is -1.50. The lowest BCUT2D eigenvalue weighted by molar-refractivity contribution is -0.528. The van der Waals surface area contributed by atoms with Gasteiger partial charge in [0.25, 0.3) is 0 Å². The Balaban J connectivity index is 1.96. The molecule has 0 bridgehead atoms. The Labute approximate surface area is 116 Å². The summed E-state index contributed by atoms with van der Waals surface area (Å²) in [6.07, 6.45) is -5.97. The molecule has 21 heavy (non-hydrogen) atoms. The van der Waals surface area contributed by atoms with Gasteiger partial charge in [-0.2, -0.15) is 13.2 Å². The Morgan fingerprint density at radius 1 is 1.38 bits per heavy atom. The summed E-state index contributed by atoms with van der Waals surface area (Å²) in [5.41, 5.74) is 2.09. The number of hydrogen-bond donors (Lipinski definition) is 3. The van der Waals surface area contributed by atoms with Crippen LogP contribution in [0.4, 0.5) is 13.2 Å². The van der Waals surface area contributed by atoms with Crippen molar-refractivity contribution in [2.75, 3.05) is 0 Å². The molecule has 0 spiro atoms. The largest absolute Gasteiger partial charge is 0.771 e. The monoisotopic (exact) mass is 312 g/mol. The fourth-order valence-electron chi connectivity index (χ4n) is 2.53. The second-order valence-electron chi connectivity index (χ2n) is 4.95. The third-order valence-corrected chi connectivity index (χ3v) is 3.56. The Morgan fingerprint density at radius 3 is 2.62 bits per heavy atom. The summed E-state index contributed by atoms with van der Waals surface area (Å²) in [6.45, 7) is 0. The zero-order chi connectivity index (χ0) is 15.8. The number of nitro groups is 1. The molecule has 1 aliphatic carbocycles.